The van der Waals surface area contributed by atoms with Gasteiger partial charge in [0.05, 0.1) is 18.3 Å². The van der Waals surface area contributed by atoms with Crippen molar-refractivity contribution in [3.05, 3.63) is 40.1 Å². The number of aliphatic imine (C=N–C) groups is 1. The molecule has 0 atom stereocenters. The smallest absolute Gasteiger partial charge is 0.338 e. The number of carbonyl (C=O) groups is 2. The van der Waals surface area contributed by atoms with Crippen LogP contribution in [-0.2, 0) is 17.1 Å². The quantitative estimate of drug-likeness (QED) is 0.411. The molecule has 0 spiro atoms. The number of hydrogen-bond donors (Lipinski definition) is 1. The SMILES string of the molecule is C/C(CN1CCN(CC(=O)N2CCN(c3ncc(C(F)(F)F)cn3)CC2)C1=O)=N\c1cn[nH]c(=O)c1C(F)(F)F. The Bertz CT molecular complexity index is 1340. The lowest BCUT2D eigenvalue weighted by molar-refractivity contribution is -0.139. The molecule has 0 aromatic carbocycles. The van der Waals surface area contributed by atoms with Gasteiger partial charge in [-0.25, -0.2) is 19.9 Å². The minimum absolute atomic E-state index is 0.112. The minimum Gasteiger partial charge on any atom is -0.338 e. The molecule has 12 nitrogen and oxygen atoms in total. The Hall–Kier alpha value is -4.25. The van der Waals surface area contributed by atoms with E-state index in [9.17, 15) is 40.7 Å². The van der Waals surface area contributed by atoms with Crippen molar-refractivity contribution < 1.29 is 35.9 Å². The number of hydrogen-bond acceptors (Lipinski definition) is 8. The van der Waals surface area contributed by atoms with Crippen molar-refractivity contribution in [1.29, 1.82) is 0 Å². The van der Waals surface area contributed by atoms with E-state index in [0.29, 0.717) is 12.4 Å². The number of aromatic nitrogens is 4. The van der Waals surface area contributed by atoms with Gasteiger partial charge in [0.2, 0.25) is 11.9 Å². The summed E-state index contributed by atoms with van der Waals surface area (Å²) in [5.41, 5.74) is -4.44. The average molecular weight is 575 g/mol. The molecule has 2 fully saturated rings. The van der Waals surface area contributed by atoms with Crippen molar-refractivity contribution in [3.8, 4) is 0 Å². The minimum atomic E-state index is -4.95. The van der Waals surface area contributed by atoms with Crippen LogP contribution in [0, 0.1) is 0 Å². The summed E-state index contributed by atoms with van der Waals surface area (Å²) in [6.07, 6.45) is -7.33. The van der Waals surface area contributed by atoms with Crippen molar-refractivity contribution in [2.45, 2.75) is 19.3 Å². The van der Waals surface area contributed by atoms with Crippen molar-refractivity contribution in [3.63, 3.8) is 0 Å². The molecule has 2 aliphatic rings. The number of carbonyl (C=O) groups excluding carboxylic acids is 2. The maximum atomic E-state index is 13.2. The Labute approximate surface area is 222 Å². The van der Waals surface area contributed by atoms with Gasteiger partial charge in [0, 0.05) is 57.4 Å². The number of nitrogens with one attached hydrogen (secondary N) is 1. The van der Waals surface area contributed by atoms with Crippen LogP contribution in [0.1, 0.15) is 18.1 Å². The topological polar surface area (TPSA) is 131 Å². The first kappa shape index (κ1) is 28.8. The molecule has 4 rings (SSSR count). The van der Waals surface area contributed by atoms with Crippen LogP contribution in [-0.4, -0.2) is 105 Å². The first-order chi connectivity index (χ1) is 18.7. The fraction of sp³-hybridized carbons (Fsp3) is 0.500. The molecule has 1 N–H and O–H groups in total. The van der Waals surface area contributed by atoms with E-state index in [1.165, 1.54) is 21.6 Å². The summed E-state index contributed by atoms with van der Waals surface area (Å²) < 4.78 is 77.9. The number of aromatic amines is 1. The van der Waals surface area contributed by atoms with Crippen LogP contribution in [0.25, 0.3) is 0 Å². The van der Waals surface area contributed by atoms with Crippen molar-refractivity contribution >= 4 is 29.3 Å². The third-order valence-corrected chi connectivity index (χ3v) is 6.24. The van der Waals surface area contributed by atoms with Gasteiger partial charge in [-0.1, -0.05) is 0 Å². The summed E-state index contributed by atoms with van der Waals surface area (Å²) in [4.78, 5) is 54.4. The molecule has 0 radical (unpaired) electrons. The zero-order chi connectivity index (χ0) is 29.2. The lowest BCUT2D eigenvalue weighted by atomic mass is 10.2. The number of H-pyrrole nitrogens is 1. The molecule has 18 heteroatoms. The van der Waals surface area contributed by atoms with Gasteiger partial charge in [-0.05, 0) is 6.92 Å². The highest BCUT2D eigenvalue weighted by atomic mass is 19.4. The second kappa shape index (κ2) is 11.1. The molecule has 0 aliphatic carbocycles. The second-order valence-electron chi connectivity index (χ2n) is 9.07. The predicted molar refractivity (Wildman–Crippen MR) is 127 cm³/mol. The number of alkyl halides is 6. The number of anilines is 1. The van der Waals surface area contributed by atoms with Gasteiger partial charge in [-0.15, -0.1) is 0 Å². The molecule has 2 aromatic rings. The standard InChI is InChI=1S/C22H23F6N9O3/c1-13(32-15-10-31-33-18(39)17(15)22(26,27)28)11-36-6-7-37(20(36)40)12-16(38)34-2-4-35(5-3-34)19-29-8-14(9-30-19)21(23,24)25/h8-10H,2-7,11-12H2,1H3,(H,33,39)/b32-13+. The van der Waals surface area contributed by atoms with E-state index >= 15 is 0 Å². The van der Waals surface area contributed by atoms with E-state index < -0.39 is 40.8 Å². The molecule has 4 heterocycles. The Morgan fingerprint density at radius 1 is 0.900 bits per heavy atom. The highest BCUT2D eigenvalue weighted by Gasteiger charge is 2.38. The number of nitrogens with zero attached hydrogens (tertiary/aromatic N) is 8. The molecule has 2 aliphatic heterocycles. The second-order valence-corrected chi connectivity index (χ2v) is 9.07. The van der Waals surface area contributed by atoms with E-state index in [1.54, 1.807) is 10.00 Å². The monoisotopic (exact) mass is 575 g/mol. The van der Waals surface area contributed by atoms with E-state index in [1.807, 2.05) is 0 Å². The molecule has 216 valence electrons. The Morgan fingerprint density at radius 3 is 2.08 bits per heavy atom. The van der Waals surface area contributed by atoms with Crippen LogP contribution < -0.4 is 10.5 Å². The summed E-state index contributed by atoms with van der Waals surface area (Å²) in [6.45, 7) is 2.52. The van der Waals surface area contributed by atoms with E-state index in [2.05, 4.69) is 20.1 Å². The van der Waals surface area contributed by atoms with E-state index in [4.69, 9.17) is 0 Å². The highest BCUT2D eigenvalue weighted by Crippen LogP contribution is 2.33. The summed E-state index contributed by atoms with van der Waals surface area (Å²) in [7, 11) is 0. The zero-order valence-electron chi connectivity index (χ0n) is 21.0. The number of halogens is 6. The first-order valence-electron chi connectivity index (χ1n) is 11.9. The van der Waals surface area contributed by atoms with Gasteiger partial charge in [-0.2, -0.15) is 31.4 Å². The van der Waals surface area contributed by atoms with Gasteiger partial charge in [-0.3, -0.25) is 14.6 Å². The van der Waals surface area contributed by atoms with Crippen molar-refractivity contribution in [2.24, 2.45) is 4.99 Å². The molecule has 2 aromatic heterocycles. The summed E-state index contributed by atoms with van der Waals surface area (Å²) >= 11 is 0. The van der Waals surface area contributed by atoms with Crippen LogP contribution in [0.3, 0.4) is 0 Å². The summed E-state index contributed by atoms with van der Waals surface area (Å²) in [6, 6.07) is -0.500. The van der Waals surface area contributed by atoms with Crippen LogP contribution >= 0.6 is 0 Å². The molecule has 3 amide bonds. The zero-order valence-corrected chi connectivity index (χ0v) is 21.0. The van der Waals surface area contributed by atoms with E-state index in [0.717, 1.165) is 6.20 Å². The van der Waals surface area contributed by atoms with Gasteiger partial charge in [0.1, 0.15) is 17.8 Å². The molecule has 0 saturated carbocycles. The van der Waals surface area contributed by atoms with Gasteiger partial charge in [0.15, 0.2) is 0 Å². The molecule has 40 heavy (non-hydrogen) atoms. The van der Waals surface area contributed by atoms with Crippen LogP contribution in [0.2, 0.25) is 0 Å². The average Bonchev–Trinajstić information content (AvgIpc) is 3.21. The van der Waals surface area contributed by atoms with Gasteiger partial charge in [0.25, 0.3) is 5.56 Å². The molecule has 0 bridgehead atoms. The third kappa shape index (κ3) is 6.48. The van der Waals surface area contributed by atoms with Crippen molar-refractivity contribution in [1.82, 2.24) is 34.9 Å². The maximum absolute atomic E-state index is 13.2. The fourth-order valence-corrected chi connectivity index (χ4v) is 4.24. The number of rotatable bonds is 6. The third-order valence-electron chi connectivity index (χ3n) is 6.24. The van der Waals surface area contributed by atoms with Crippen LogP contribution in [0.4, 0.5) is 42.8 Å². The molecule has 0 unspecified atom stereocenters. The predicted octanol–water partition coefficient (Wildman–Crippen LogP) is 1.78. The van der Waals surface area contributed by atoms with Gasteiger partial charge < -0.3 is 19.6 Å². The summed E-state index contributed by atoms with van der Waals surface area (Å²) in [5.74, 6) is -0.223. The lowest BCUT2D eigenvalue weighted by Gasteiger charge is -2.35. The summed E-state index contributed by atoms with van der Waals surface area (Å²) in [5, 5.41) is 5.08. The van der Waals surface area contributed by atoms with Crippen LogP contribution in [0.5, 0.6) is 0 Å². The lowest BCUT2D eigenvalue weighted by Crippen LogP contribution is -2.52. The number of piperazine rings is 1. The maximum Gasteiger partial charge on any atom is 0.423 e. The van der Waals surface area contributed by atoms with Crippen molar-refractivity contribution in [2.75, 3.05) is 57.3 Å². The molecule has 2 saturated heterocycles. The van der Waals surface area contributed by atoms with E-state index in [-0.39, 0.29) is 69.9 Å². The first-order valence-corrected chi connectivity index (χ1v) is 11.9. The largest absolute Gasteiger partial charge is 0.423 e. The molecular weight excluding hydrogens is 552 g/mol. The normalized spacial score (nSPS) is 17.2. The number of urea groups is 1. The highest BCUT2D eigenvalue weighted by molar-refractivity contribution is 5.91. The number of amides is 3. The molecular formula is C22H23F6N9O3. The Morgan fingerprint density at radius 2 is 1.50 bits per heavy atom. The van der Waals surface area contributed by atoms with Gasteiger partial charge >= 0.3 is 18.4 Å². The Kier molecular flexibility index (Phi) is 7.97. The fourth-order valence-electron chi connectivity index (χ4n) is 4.24. The van der Waals surface area contributed by atoms with Crippen LogP contribution in [0.15, 0.2) is 28.4 Å². The Balaban J connectivity index is 1.30.